The molecule has 0 aliphatic carbocycles. The van der Waals surface area contributed by atoms with Crippen LogP contribution in [0.15, 0.2) is 18.2 Å². The molecule has 0 radical (unpaired) electrons. The van der Waals surface area contributed by atoms with Crippen molar-refractivity contribution in [2.75, 3.05) is 26.4 Å². The summed E-state index contributed by atoms with van der Waals surface area (Å²) in [5.41, 5.74) is 6.58. The highest BCUT2D eigenvalue weighted by Crippen LogP contribution is 2.32. The standard InChI is InChI=1S/C15H26N2O2/c1-11(2)19-13-9-7-8-12(14(13)16)18-10-15(3,4)17(5)6/h7-9,11H,10,16H2,1-6H3. The van der Waals surface area contributed by atoms with Crippen molar-refractivity contribution >= 4 is 5.69 Å². The molecule has 0 amide bonds. The minimum absolute atomic E-state index is 0.0542. The van der Waals surface area contributed by atoms with E-state index >= 15 is 0 Å². The van der Waals surface area contributed by atoms with E-state index in [4.69, 9.17) is 15.2 Å². The van der Waals surface area contributed by atoms with E-state index in [1.54, 1.807) is 0 Å². The van der Waals surface area contributed by atoms with Gasteiger partial charge in [0.05, 0.1) is 6.10 Å². The van der Waals surface area contributed by atoms with Gasteiger partial charge in [-0.2, -0.15) is 0 Å². The maximum absolute atomic E-state index is 6.07. The molecular weight excluding hydrogens is 240 g/mol. The topological polar surface area (TPSA) is 47.7 Å². The number of nitrogens with two attached hydrogens (primary N) is 1. The van der Waals surface area contributed by atoms with Gasteiger partial charge in [-0.15, -0.1) is 0 Å². The van der Waals surface area contributed by atoms with E-state index in [0.29, 0.717) is 23.8 Å². The molecule has 2 N–H and O–H groups in total. The van der Waals surface area contributed by atoms with Gasteiger partial charge in [0, 0.05) is 5.54 Å². The van der Waals surface area contributed by atoms with Gasteiger partial charge in [0.15, 0.2) is 0 Å². The van der Waals surface area contributed by atoms with E-state index < -0.39 is 0 Å². The van der Waals surface area contributed by atoms with Crippen LogP contribution >= 0.6 is 0 Å². The number of anilines is 1. The summed E-state index contributed by atoms with van der Waals surface area (Å²) >= 11 is 0. The first kappa shape index (κ1) is 15.6. The van der Waals surface area contributed by atoms with Gasteiger partial charge < -0.3 is 20.1 Å². The highest BCUT2D eigenvalue weighted by molar-refractivity contribution is 5.62. The summed E-state index contributed by atoms with van der Waals surface area (Å²) in [6.45, 7) is 8.76. The molecule has 0 aromatic heterocycles. The van der Waals surface area contributed by atoms with Crippen molar-refractivity contribution in [3.63, 3.8) is 0 Å². The summed E-state index contributed by atoms with van der Waals surface area (Å²) in [6.07, 6.45) is 0.0933. The van der Waals surface area contributed by atoms with Gasteiger partial charge in [-0.05, 0) is 53.9 Å². The van der Waals surface area contributed by atoms with Crippen LogP contribution in [0.2, 0.25) is 0 Å². The van der Waals surface area contributed by atoms with Crippen LogP contribution in [0.5, 0.6) is 11.5 Å². The van der Waals surface area contributed by atoms with E-state index in [1.807, 2.05) is 46.1 Å². The molecule has 0 heterocycles. The Bertz CT molecular complexity index is 415. The lowest BCUT2D eigenvalue weighted by Crippen LogP contribution is -2.43. The average Bonchev–Trinajstić information content (AvgIpc) is 2.29. The van der Waals surface area contributed by atoms with Gasteiger partial charge in [-0.3, -0.25) is 0 Å². The van der Waals surface area contributed by atoms with Crippen LogP contribution in [-0.4, -0.2) is 37.2 Å². The molecule has 1 rings (SSSR count). The van der Waals surface area contributed by atoms with Gasteiger partial charge in [0.2, 0.25) is 0 Å². The van der Waals surface area contributed by atoms with E-state index in [-0.39, 0.29) is 11.6 Å². The first-order valence-corrected chi connectivity index (χ1v) is 6.59. The molecule has 1 aromatic carbocycles. The molecule has 108 valence electrons. The number of ether oxygens (including phenoxy) is 2. The number of rotatable bonds is 6. The van der Waals surface area contributed by atoms with Crippen LogP contribution in [0.25, 0.3) is 0 Å². The van der Waals surface area contributed by atoms with Crippen molar-refractivity contribution < 1.29 is 9.47 Å². The van der Waals surface area contributed by atoms with Crippen molar-refractivity contribution in [1.29, 1.82) is 0 Å². The fraction of sp³-hybridized carbons (Fsp3) is 0.600. The first-order valence-electron chi connectivity index (χ1n) is 6.59. The molecule has 4 nitrogen and oxygen atoms in total. The third-order valence-corrected chi connectivity index (χ3v) is 3.18. The second-order valence-electron chi connectivity index (χ2n) is 5.83. The predicted octanol–water partition coefficient (Wildman–Crippen LogP) is 2.78. The lowest BCUT2D eigenvalue weighted by Gasteiger charge is -2.32. The molecular formula is C15H26N2O2. The average molecular weight is 266 g/mol. The number of hydrogen-bond acceptors (Lipinski definition) is 4. The fourth-order valence-electron chi connectivity index (χ4n) is 1.39. The summed E-state index contributed by atoms with van der Waals surface area (Å²) < 4.78 is 11.5. The minimum atomic E-state index is -0.0542. The molecule has 0 saturated carbocycles. The van der Waals surface area contributed by atoms with Crippen molar-refractivity contribution in [3.05, 3.63) is 18.2 Å². The predicted molar refractivity (Wildman–Crippen MR) is 79.9 cm³/mol. The second-order valence-corrected chi connectivity index (χ2v) is 5.83. The Hall–Kier alpha value is -1.42. The summed E-state index contributed by atoms with van der Waals surface area (Å²) in [5.74, 6) is 1.35. The number of hydrogen-bond donors (Lipinski definition) is 1. The van der Waals surface area contributed by atoms with Gasteiger partial charge in [0.25, 0.3) is 0 Å². The van der Waals surface area contributed by atoms with Crippen molar-refractivity contribution in [2.45, 2.75) is 39.3 Å². The zero-order valence-corrected chi connectivity index (χ0v) is 12.9. The lowest BCUT2D eigenvalue weighted by atomic mass is 10.1. The third-order valence-electron chi connectivity index (χ3n) is 3.18. The van der Waals surface area contributed by atoms with Crippen molar-refractivity contribution in [3.8, 4) is 11.5 Å². The first-order chi connectivity index (χ1) is 8.74. The normalized spacial score (nSPS) is 12.0. The van der Waals surface area contributed by atoms with Crippen LogP contribution < -0.4 is 15.2 Å². The molecule has 0 unspecified atom stereocenters. The maximum Gasteiger partial charge on any atom is 0.146 e. The Labute approximate surface area is 116 Å². The van der Waals surface area contributed by atoms with Crippen LogP contribution in [-0.2, 0) is 0 Å². The second kappa shape index (κ2) is 6.15. The number of benzene rings is 1. The summed E-state index contributed by atoms with van der Waals surface area (Å²) in [6, 6.07) is 5.62. The Morgan fingerprint density at radius 1 is 1.21 bits per heavy atom. The van der Waals surface area contributed by atoms with Crippen LogP contribution in [0.1, 0.15) is 27.7 Å². The smallest absolute Gasteiger partial charge is 0.146 e. The largest absolute Gasteiger partial charge is 0.489 e. The lowest BCUT2D eigenvalue weighted by molar-refractivity contribution is 0.114. The summed E-state index contributed by atoms with van der Waals surface area (Å²) in [5, 5.41) is 0. The number of nitrogen functional groups attached to an aromatic ring is 1. The maximum atomic E-state index is 6.07. The van der Waals surface area contributed by atoms with Gasteiger partial charge in [-0.25, -0.2) is 0 Å². The molecule has 1 aromatic rings. The number of para-hydroxylation sites is 1. The monoisotopic (exact) mass is 266 g/mol. The number of nitrogens with zero attached hydrogens (tertiary/aromatic N) is 1. The van der Waals surface area contributed by atoms with E-state index in [9.17, 15) is 0 Å². The number of likely N-dealkylation sites (N-methyl/N-ethyl adjacent to an activating group) is 1. The molecule has 0 aliphatic heterocycles. The molecule has 4 heteroatoms. The molecule has 0 fully saturated rings. The minimum Gasteiger partial charge on any atom is -0.489 e. The highest BCUT2D eigenvalue weighted by Gasteiger charge is 2.22. The van der Waals surface area contributed by atoms with Crippen LogP contribution in [0.4, 0.5) is 5.69 Å². The van der Waals surface area contributed by atoms with Crippen molar-refractivity contribution in [2.24, 2.45) is 0 Å². The third kappa shape index (κ3) is 4.31. The Balaban J connectivity index is 2.80. The van der Waals surface area contributed by atoms with Crippen LogP contribution in [0, 0.1) is 0 Å². The van der Waals surface area contributed by atoms with Gasteiger partial charge in [-0.1, -0.05) is 6.07 Å². The molecule has 0 bridgehead atoms. The summed E-state index contributed by atoms with van der Waals surface area (Å²) in [4.78, 5) is 2.12. The highest BCUT2D eigenvalue weighted by atomic mass is 16.5. The SMILES string of the molecule is CC(C)Oc1cccc(OCC(C)(C)N(C)C)c1N. The van der Waals surface area contributed by atoms with E-state index in [0.717, 1.165) is 0 Å². The summed E-state index contributed by atoms with van der Waals surface area (Å²) in [7, 11) is 4.07. The van der Waals surface area contributed by atoms with Crippen LogP contribution in [0.3, 0.4) is 0 Å². The molecule has 19 heavy (non-hydrogen) atoms. The van der Waals surface area contributed by atoms with E-state index in [2.05, 4.69) is 18.7 Å². The van der Waals surface area contributed by atoms with Gasteiger partial charge in [0.1, 0.15) is 23.8 Å². The molecule has 0 atom stereocenters. The Morgan fingerprint density at radius 3 is 2.32 bits per heavy atom. The zero-order valence-electron chi connectivity index (χ0n) is 12.9. The fourth-order valence-corrected chi connectivity index (χ4v) is 1.39. The van der Waals surface area contributed by atoms with E-state index in [1.165, 1.54) is 0 Å². The molecule has 0 spiro atoms. The Kier molecular flexibility index (Phi) is 5.06. The zero-order chi connectivity index (χ0) is 14.6. The molecule has 0 saturated heterocycles. The molecule has 0 aliphatic rings. The van der Waals surface area contributed by atoms with Crippen molar-refractivity contribution in [1.82, 2.24) is 4.90 Å². The quantitative estimate of drug-likeness (QED) is 0.804. The Morgan fingerprint density at radius 2 is 1.79 bits per heavy atom. The van der Waals surface area contributed by atoms with Gasteiger partial charge >= 0.3 is 0 Å².